The van der Waals surface area contributed by atoms with Gasteiger partial charge in [-0.05, 0) is 26.8 Å². The van der Waals surface area contributed by atoms with Crippen LogP contribution in [0.3, 0.4) is 0 Å². The number of carbonyl (C=O) groups is 2. The van der Waals surface area contributed by atoms with Gasteiger partial charge in [0.15, 0.2) is 6.73 Å². The third-order valence-electron chi connectivity index (χ3n) is 3.12. The summed E-state index contributed by atoms with van der Waals surface area (Å²) in [6.07, 6.45) is 7.28. The van der Waals surface area contributed by atoms with Crippen molar-refractivity contribution >= 4 is 18.0 Å². The Labute approximate surface area is 130 Å². The number of amides is 2. The zero-order valence-electron chi connectivity index (χ0n) is 13.1. The number of ether oxygens (including phenoxy) is 1. The zero-order valence-corrected chi connectivity index (χ0v) is 13.1. The van der Waals surface area contributed by atoms with Crippen LogP contribution in [-0.2, 0) is 14.3 Å². The summed E-state index contributed by atoms with van der Waals surface area (Å²) in [4.78, 5) is 29.8. The molecule has 0 aromatic heterocycles. The Hall–Kier alpha value is -2.63. The third kappa shape index (κ3) is 4.18. The summed E-state index contributed by atoms with van der Waals surface area (Å²) < 4.78 is 5.33. The van der Waals surface area contributed by atoms with E-state index in [4.69, 9.17) is 4.74 Å². The molecule has 6 heteroatoms. The summed E-state index contributed by atoms with van der Waals surface area (Å²) in [6, 6.07) is 0. The quantitative estimate of drug-likeness (QED) is 0.601. The molecule has 1 aliphatic heterocycles. The molecule has 0 unspecified atom stereocenters. The van der Waals surface area contributed by atoms with Gasteiger partial charge in [-0.3, -0.25) is 19.5 Å². The first-order chi connectivity index (χ1) is 10.3. The van der Waals surface area contributed by atoms with Crippen LogP contribution < -0.4 is 5.32 Å². The minimum Gasteiger partial charge on any atom is -0.477 e. The minimum atomic E-state index is -1.09. The summed E-state index contributed by atoms with van der Waals surface area (Å²) in [5, 5.41) is 2.71. The van der Waals surface area contributed by atoms with Gasteiger partial charge >= 0.3 is 0 Å². The van der Waals surface area contributed by atoms with E-state index >= 15 is 0 Å². The Kier molecular flexibility index (Phi) is 5.86. The highest BCUT2D eigenvalue weighted by Crippen LogP contribution is 2.20. The van der Waals surface area contributed by atoms with Crippen molar-refractivity contribution in [2.75, 3.05) is 6.73 Å². The van der Waals surface area contributed by atoms with Crippen LogP contribution in [0.4, 0.5) is 0 Å². The Morgan fingerprint density at radius 1 is 1.50 bits per heavy atom. The predicted molar refractivity (Wildman–Crippen MR) is 85.7 cm³/mol. The van der Waals surface area contributed by atoms with E-state index in [0.717, 1.165) is 0 Å². The average Bonchev–Trinajstić information content (AvgIpc) is 2.44. The SMILES string of the molecule is C=C/C=C(\C=NC=C)NC(=O)C(C)(C)N1COC(C)=CC1=O. The third-order valence-corrected chi connectivity index (χ3v) is 3.12. The lowest BCUT2D eigenvalue weighted by Crippen LogP contribution is -2.58. The van der Waals surface area contributed by atoms with Crippen LogP contribution in [0.5, 0.6) is 0 Å². The molecule has 0 aromatic rings. The van der Waals surface area contributed by atoms with Crippen molar-refractivity contribution in [3.05, 3.63) is 49.0 Å². The van der Waals surface area contributed by atoms with E-state index in [1.165, 1.54) is 29.5 Å². The molecular weight excluding hydrogens is 282 g/mol. The fraction of sp³-hybridized carbons (Fsp3) is 0.312. The van der Waals surface area contributed by atoms with E-state index in [9.17, 15) is 9.59 Å². The molecular formula is C16H21N3O3. The van der Waals surface area contributed by atoms with Crippen molar-refractivity contribution in [3.8, 4) is 0 Å². The van der Waals surface area contributed by atoms with E-state index in [1.807, 2.05) is 0 Å². The van der Waals surface area contributed by atoms with Crippen LogP contribution in [0.2, 0.25) is 0 Å². The van der Waals surface area contributed by atoms with Crippen LogP contribution >= 0.6 is 0 Å². The fourth-order valence-electron chi connectivity index (χ4n) is 1.74. The maximum absolute atomic E-state index is 12.5. The molecule has 0 aromatic carbocycles. The van der Waals surface area contributed by atoms with Gasteiger partial charge in [-0.25, -0.2) is 0 Å². The number of rotatable bonds is 6. The van der Waals surface area contributed by atoms with Crippen LogP contribution in [0.25, 0.3) is 0 Å². The largest absolute Gasteiger partial charge is 0.477 e. The summed E-state index contributed by atoms with van der Waals surface area (Å²) in [7, 11) is 0. The van der Waals surface area contributed by atoms with Gasteiger partial charge in [-0.15, -0.1) is 0 Å². The summed E-state index contributed by atoms with van der Waals surface area (Å²) >= 11 is 0. The number of nitrogens with zero attached hydrogens (tertiary/aromatic N) is 2. The number of carbonyl (C=O) groups excluding carboxylic acids is 2. The van der Waals surface area contributed by atoms with Crippen LogP contribution in [0.1, 0.15) is 20.8 Å². The summed E-state index contributed by atoms with van der Waals surface area (Å²) in [5.41, 5.74) is -0.638. The maximum Gasteiger partial charge on any atom is 0.253 e. The monoisotopic (exact) mass is 303 g/mol. The molecule has 0 radical (unpaired) electrons. The van der Waals surface area contributed by atoms with E-state index in [-0.39, 0.29) is 18.5 Å². The van der Waals surface area contributed by atoms with E-state index < -0.39 is 5.54 Å². The Morgan fingerprint density at radius 2 is 2.18 bits per heavy atom. The lowest BCUT2D eigenvalue weighted by Gasteiger charge is -2.38. The first kappa shape index (κ1) is 17.4. The molecule has 0 fully saturated rings. The Balaban J connectivity index is 2.92. The van der Waals surface area contributed by atoms with Crippen molar-refractivity contribution in [2.45, 2.75) is 26.3 Å². The Bertz CT molecular complexity index is 571. The number of hydrogen-bond donors (Lipinski definition) is 1. The van der Waals surface area contributed by atoms with Crippen molar-refractivity contribution < 1.29 is 14.3 Å². The topological polar surface area (TPSA) is 71.0 Å². The van der Waals surface area contributed by atoms with E-state index in [2.05, 4.69) is 23.5 Å². The first-order valence-electron chi connectivity index (χ1n) is 6.74. The molecule has 0 saturated heterocycles. The lowest BCUT2D eigenvalue weighted by molar-refractivity contribution is -0.150. The van der Waals surface area contributed by atoms with Gasteiger partial charge in [-0.2, -0.15) is 0 Å². The van der Waals surface area contributed by atoms with Crippen LogP contribution in [-0.4, -0.2) is 35.2 Å². The molecule has 1 rings (SSSR count). The summed E-state index contributed by atoms with van der Waals surface area (Å²) in [6.45, 7) is 12.1. The standard InChI is InChI=1S/C16H21N3O3/c1-6-8-13(10-17-7-2)18-15(21)16(4,5)19-11-22-12(3)9-14(19)20/h6-10H,1-2,11H2,3-5H3,(H,18,21)/b13-8+,17-10?. The molecule has 118 valence electrons. The van der Waals surface area contributed by atoms with E-state index in [1.54, 1.807) is 26.8 Å². The van der Waals surface area contributed by atoms with Crippen molar-refractivity contribution in [2.24, 2.45) is 4.99 Å². The average molecular weight is 303 g/mol. The van der Waals surface area contributed by atoms with Crippen molar-refractivity contribution in [1.29, 1.82) is 0 Å². The second-order valence-corrected chi connectivity index (χ2v) is 5.13. The lowest BCUT2D eigenvalue weighted by atomic mass is 10.0. The van der Waals surface area contributed by atoms with Crippen LogP contribution in [0.15, 0.2) is 54.0 Å². The maximum atomic E-state index is 12.5. The predicted octanol–water partition coefficient (Wildman–Crippen LogP) is 1.89. The molecule has 2 amide bonds. The highest BCUT2D eigenvalue weighted by molar-refractivity contribution is 5.98. The molecule has 0 spiro atoms. The van der Waals surface area contributed by atoms with Gasteiger partial charge in [0.25, 0.3) is 5.91 Å². The van der Waals surface area contributed by atoms with Gasteiger partial charge in [0.2, 0.25) is 5.91 Å². The zero-order chi connectivity index (χ0) is 16.8. The number of allylic oxidation sites excluding steroid dienone is 4. The molecule has 0 atom stereocenters. The van der Waals surface area contributed by atoms with Gasteiger partial charge in [0.05, 0.1) is 11.9 Å². The number of nitrogens with one attached hydrogen (secondary N) is 1. The normalized spacial score (nSPS) is 16.1. The van der Waals surface area contributed by atoms with Gasteiger partial charge in [-0.1, -0.05) is 19.2 Å². The van der Waals surface area contributed by atoms with Crippen molar-refractivity contribution in [3.63, 3.8) is 0 Å². The van der Waals surface area contributed by atoms with Crippen LogP contribution in [0, 0.1) is 0 Å². The van der Waals surface area contributed by atoms with Gasteiger partial charge in [0, 0.05) is 12.3 Å². The van der Waals surface area contributed by atoms with Gasteiger partial charge in [0.1, 0.15) is 11.3 Å². The highest BCUT2D eigenvalue weighted by Gasteiger charge is 2.39. The Morgan fingerprint density at radius 3 is 2.73 bits per heavy atom. The second-order valence-electron chi connectivity index (χ2n) is 5.13. The molecule has 1 N–H and O–H groups in total. The summed E-state index contributed by atoms with van der Waals surface area (Å²) in [5.74, 6) is -0.0956. The molecule has 22 heavy (non-hydrogen) atoms. The fourth-order valence-corrected chi connectivity index (χ4v) is 1.74. The molecule has 1 heterocycles. The van der Waals surface area contributed by atoms with Crippen molar-refractivity contribution in [1.82, 2.24) is 10.2 Å². The van der Waals surface area contributed by atoms with Gasteiger partial charge < -0.3 is 10.1 Å². The number of hydrogen-bond acceptors (Lipinski definition) is 4. The molecule has 0 aliphatic carbocycles. The smallest absolute Gasteiger partial charge is 0.253 e. The van der Waals surface area contributed by atoms with E-state index in [0.29, 0.717) is 11.5 Å². The molecule has 1 aliphatic rings. The molecule has 0 saturated carbocycles. The second kappa shape index (κ2) is 7.40. The molecule has 6 nitrogen and oxygen atoms in total. The molecule has 0 bridgehead atoms. The highest BCUT2D eigenvalue weighted by atomic mass is 16.5. The number of aliphatic imine (C=N–C) groups is 1. The first-order valence-corrected chi connectivity index (χ1v) is 6.74. The minimum absolute atomic E-state index is 0.0306.